The molecule has 0 saturated heterocycles. The molecule has 0 atom stereocenters. The number of carbonyl (C=O) groups excluding carboxylic acids is 1. The van der Waals surface area contributed by atoms with Crippen LogP contribution in [-0.2, 0) is 0 Å². The number of rotatable bonds is 3. The summed E-state index contributed by atoms with van der Waals surface area (Å²) in [4.78, 5) is 11.9. The zero-order valence-corrected chi connectivity index (χ0v) is 12.6. The first-order valence-electron chi connectivity index (χ1n) is 5.86. The van der Waals surface area contributed by atoms with Gasteiger partial charge in [0, 0.05) is 10.0 Å². The first-order chi connectivity index (χ1) is 9.47. The predicted molar refractivity (Wildman–Crippen MR) is 79.0 cm³/mol. The summed E-state index contributed by atoms with van der Waals surface area (Å²) in [5.74, 6) is 0.934. The molecule has 2 N–H and O–H groups in total. The standard InChI is InChI=1S/C14H13BrN2O3/c1-8-5-12(9(2)20-8)14(19)17-16-7-10-3-4-11(15)6-13(10)18/h3-7,18H,1-2H3,(H,17,19)/b16-7+. The van der Waals surface area contributed by atoms with Crippen LogP contribution in [-0.4, -0.2) is 17.2 Å². The second-order valence-electron chi connectivity index (χ2n) is 4.23. The van der Waals surface area contributed by atoms with Crippen LogP contribution in [0.15, 0.2) is 38.3 Å². The van der Waals surface area contributed by atoms with Crippen molar-refractivity contribution in [1.29, 1.82) is 0 Å². The third-order valence-corrected chi connectivity index (χ3v) is 3.14. The predicted octanol–water partition coefficient (Wildman–Crippen LogP) is 3.13. The van der Waals surface area contributed by atoms with Crippen LogP contribution >= 0.6 is 15.9 Å². The van der Waals surface area contributed by atoms with Crippen molar-refractivity contribution >= 4 is 28.1 Å². The SMILES string of the molecule is Cc1cc(C(=O)N/N=C/c2ccc(Br)cc2O)c(C)o1. The molecule has 0 aliphatic carbocycles. The fourth-order valence-corrected chi connectivity index (χ4v) is 2.05. The van der Waals surface area contributed by atoms with Crippen molar-refractivity contribution in [3.63, 3.8) is 0 Å². The van der Waals surface area contributed by atoms with Gasteiger partial charge in [0.05, 0.1) is 11.8 Å². The molecule has 0 radical (unpaired) electrons. The van der Waals surface area contributed by atoms with Gasteiger partial charge in [-0.15, -0.1) is 0 Å². The number of benzene rings is 1. The Labute approximate surface area is 124 Å². The summed E-state index contributed by atoms with van der Waals surface area (Å²) in [5.41, 5.74) is 3.34. The van der Waals surface area contributed by atoms with Gasteiger partial charge in [-0.1, -0.05) is 15.9 Å². The summed E-state index contributed by atoms with van der Waals surface area (Å²) in [6.45, 7) is 3.49. The maximum absolute atomic E-state index is 11.9. The number of amides is 1. The van der Waals surface area contributed by atoms with E-state index in [0.717, 1.165) is 4.47 Å². The number of hydrogen-bond acceptors (Lipinski definition) is 4. The van der Waals surface area contributed by atoms with Crippen LogP contribution in [0.1, 0.15) is 27.4 Å². The summed E-state index contributed by atoms with van der Waals surface area (Å²) in [6.07, 6.45) is 1.38. The fraction of sp³-hybridized carbons (Fsp3) is 0.143. The van der Waals surface area contributed by atoms with Gasteiger partial charge in [0.1, 0.15) is 17.3 Å². The van der Waals surface area contributed by atoms with Gasteiger partial charge in [0.15, 0.2) is 0 Å². The molecule has 20 heavy (non-hydrogen) atoms. The zero-order valence-electron chi connectivity index (χ0n) is 11.0. The largest absolute Gasteiger partial charge is 0.507 e. The number of aryl methyl sites for hydroxylation is 2. The Balaban J connectivity index is 2.06. The van der Waals surface area contributed by atoms with E-state index >= 15 is 0 Å². The monoisotopic (exact) mass is 336 g/mol. The molecule has 0 bridgehead atoms. The lowest BCUT2D eigenvalue weighted by molar-refractivity contribution is 0.0953. The van der Waals surface area contributed by atoms with Crippen molar-refractivity contribution in [2.75, 3.05) is 0 Å². The van der Waals surface area contributed by atoms with Gasteiger partial charge >= 0.3 is 0 Å². The molecular weight excluding hydrogens is 324 g/mol. The van der Waals surface area contributed by atoms with E-state index < -0.39 is 0 Å². The second kappa shape index (κ2) is 5.92. The van der Waals surface area contributed by atoms with Crippen molar-refractivity contribution in [3.8, 4) is 5.75 Å². The third-order valence-electron chi connectivity index (χ3n) is 2.65. The summed E-state index contributed by atoms with van der Waals surface area (Å²) in [5, 5.41) is 13.5. The molecule has 0 aliphatic heterocycles. The lowest BCUT2D eigenvalue weighted by Gasteiger charge is -2.00. The summed E-state index contributed by atoms with van der Waals surface area (Å²) in [7, 11) is 0. The normalized spacial score (nSPS) is 10.9. The van der Waals surface area contributed by atoms with Crippen LogP contribution in [0.25, 0.3) is 0 Å². The maximum atomic E-state index is 11.9. The molecule has 2 rings (SSSR count). The van der Waals surface area contributed by atoms with Gasteiger partial charge in [0.25, 0.3) is 5.91 Å². The number of halogens is 1. The van der Waals surface area contributed by atoms with E-state index in [1.54, 1.807) is 38.1 Å². The van der Waals surface area contributed by atoms with E-state index in [1.807, 2.05) is 0 Å². The van der Waals surface area contributed by atoms with Crippen molar-refractivity contribution in [3.05, 3.63) is 51.4 Å². The number of nitrogens with zero attached hydrogens (tertiary/aromatic N) is 1. The Morgan fingerprint density at radius 3 is 2.75 bits per heavy atom. The second-order valence-corrected chi connectivity index (χ2v) is 5.14. The number of phenols is 1. The van der Waals surface area contributed by atoms with Gasteiger partial charge in [-0.25, -0.2) is 5.43 Å². The Morgan fingerprint density at radius 1 is 1.40 bits per heavy atom. The van der Waals surface area contributed by atoms with Gasteiger partial charge in [-0.3, -0.25) is 4.79 Å². The molecule has 1 heterocycles. The van der Waals surface area contributed by atoms with Crippen molar-refractivity contribution in [1.82, 2.24) is 5.43 Å². The van der Waals surface area contributed by atoms with Gasteiger partial charge in [0.2, 0.25) is 0 Å². The van der Waals surface area contributed by atoms with E-state index in [2.05, 4.69) is 26.5 Å². The van der Waals surface area contributed by atoms with E-state index in [-0.39, 0.29) is 11.7 Å². The van der Waals surface area contributed by atoms with Crippen molar-refractivity contribution in [2.45, 2.75) is 13.8 Å². The first kappa shape index (κ1) is 14.3. The van der Waals surface area contributed by atoms with Gasteiger partial charge in [-0.05, 0) is 38.1 Å². The van der Waals surface area contributed by atoms with E-state index in [9.17, 15) is 9.90 Å². The lowest BCUT2D eigenvalue weighted by atomic mass is 10.2. The molecule has 0 unspecified atom stereocenters. The maximum Gasteiger partial charge on any atom is 0.274 e. The highest BCUT2D eigenvalue weighted by Gasteiger charge is 2.12. The van der Waals surface area contributed by atoms with Crippen LogP contribution in [0.4, 0.5) is 0 Å². The van der Waals surface area contributed by atoms with Gasteiger partial charge in [-0.2, -0.15) is 5.10 Å². The number of carbonyl (C=O) groups is 1. The number of hydrazone groups is 1. The third kappa shape index (κ3) is 3.27. The number of aromatic hydroxyl groups is 1. The number of furan rings is 1. The minimum atomic E-state index is -0.354. The zero-order chi connectivity index (χ0) is 14.7. The Morgan fingerprint density at radius 2 is 2.15 bits per heavy atom. The molecule has 104 valence electrons. The van der Waals surface area contributed by atoms with Crippen molar-refractivity contribution < 1.29 is 14.3 Å². The lowest BCUT2D eigenvalue weighted by Crippen LogP contribution is -2.17. The molecule has 0 saturated carbocycles. The van der Waals surface area contributed by atoms with Crippen LogP contribution in [0.5, 0.6) is 5.75 Å². The number of phenolic OH excluding ortho intramolecular Hbond substituents is 1. The number of nitrogens with one attached hydrogen (secondary N) is 1. The molecule has 0 aliphatic rings. The van der Waals surface area contributed by atoms with Crippen molar-refractivity contribution in [2.24, 2.45) is 5.10 Å². The molecule has 1 amide bonds. The summed E-state index contributed by atoms with van der Waals surface area (Å²) < 4.78 is 6.04. The molecule has 2 aromatic rings. The van der Waals surface area contributed by atoms with E-state index in [4.69, 9.17) is 4.42 Å². The van der Waals surface area contributed by atoms with Crippen LogP contribution in [0, 0.1) is 13.8 Å². The minimum absolute atomic E-state index is 0.0766. The highest BCUT2D eigenvalue weighted by Crippen LogP contribution is 2.20. The van der Waals surface area contributed by atoms with E-state index in [0.29, 0.717) is 22.6 Å². The molecule has 0 fully saturated rings. The molecule has 1 aromatic heterocycles. The number of hydrogen-bond donors (Lipinski definition) is 2. The Kier molecular flexibility index (Phi) is 4.24. The topological polar surface area (TPSA) is 74.8 Å². The van der Waals surface area contributed by atoms with Crippen LogP contribution in [0.3, 0.4) is 0 Å². The molecule has 5 nitrogen and oxygen atoms in total. The summed E-state index contributed by atoms with van der Waals surface area (Å²) >= 11 is 3.24. The molecule has 0 spiro atoms. The highest BCUT2D eigenvalue weighted by molar-refractivity contribution is 9.10. The average Bonchev–Trinajstić information content (AvgIpc) is 2.71. The Hall–Kier alpha value is -2.08. The molecular formula is C14H13BrN2O3. The highest BCUT2D eigenvalue weighted by atomic mass is 79.9. The smallest absolute Gasteiger partial charge is 0.274 e. The average molecular weight is 337 g/mol. The van der Waals surface area contributed by atoms with E-state index in [1.165, 1.54) is 6.21 Å². The van der Waals surface area contributed by atoms with Crippen LogP contribution in [0.2, 0.25) is 0 Å². The minimum Gasteiger partial charge on any atom is -0.507 e. The quantitative estimate of drug-likeness (QED) is 0.667. The van der Waals surface area contributed by atoms with Crippen LogP contribution < -0.4 is 5.43 Å². The Bertz CT molecular complexity index is 677. The first-order valence-corrected chi connectivity index (χ1v) is 6.65. The fourth-order valence-electron chi connectivity index (χ4n) is 1.70. The summed E-state index contributed by atoms with van der Waals surface area (Å²) in [6, 6.07) is 6.65. The molecule has 6 heteroatoms. The molecule has 1 aromatic carbocycles. The van der Waals surface area contributed by atoms with Gasteiger partial charge < -0.3 is 9.52 Å².